The maximum Gasteiger partial charge on any atom is 0.332 e. The summed E-state index contributed by atoms with van der Waals surface area (Å²) in [6, 6.07) is -0.675. The molecule has 0 saturated carbocycles. The number of nitrogens with zero attached hydrogens (tertiary/aromatic N) is 1. The van der Waals surface area contributed by atoms with Crippen LogP contribution in [0.3, 0.4) is 0 Å². The third-order valence-corrected chi connectivity index (χ3v) is 1.83. The van der Waals surface area contributed by atoms with Crippen LogP contribution in [-0.4, -0.2) is 24.3 Å². The van der Waals surface area contributed by atoms with Crippen LogP contribution in [0.25, 0.3) is 0 Å². The Bertz CT molecular complexity index is 264. The first-order valence-electron chi connectivity index (χ1n) is 5.30. The van der Waals surface area contributed by atoms with Crippen LogP contribution in [0.15, 0.2) is 5.10 Å². The molecule has 0 aromatic heterocycles. The predicted molar refractivity (Wildman–Crippen MR) is 60.9 cm³/mol. The summed E-state index contributed by atoms with van der Waals surface area (Å²) in [5.41, 5.74) is 7.78. The Labute approximate surface area is 95.2 Å². The molecule has 0 bridgehead atoms. The molecule has 0 fully saturated rings. The number of carbonyl (C=O) groups is 2. The van der Waals surface area contributed by atoms with Crippen LogP contribution >= 0.6 is 0 Å². The highest BCUT2D eigenvalue weighted by Crippen LogP contribution is 2.02. The lowest BCUT2D eigenvalue weighted by atomic mass is 10.1. The van der Waals surface area contributed by atoms with Gasteiger partial charge >= 0.3 is 12.0 Å². The molecule has 3 N–H and O–H groups in total. The number of urea groups is 1. The number of nitrogens with two attached hydrogens (primary N) is 1. The number of rotatable bonds is 7. The Morgan fingerprint density at radius 3 is 2.50 bits per heavy atom. The minimum absolute atomic E-state index is 0.174. The summed E-state index contributed by atoms with van der Waals surface area (Å²) in [5.74, 6) is -0.174. The minimum Gasteiger partial charge on any atom is -0.466 e. The van der Waals surface area contributed by atoms with Crippen molar-refractivity contribution in [2.24, 2.45) is 10.8 Å². The molecule has 6 heteroatoms. The monoisotopic (exact) mass is 229 g/mol. The summed E-state index contributed by atoms with van der Waals surface area (Å²) < 4.78 is 4.79. The summed E-state index contributed by atoms with van der Waals surface area (Å²) in [6.45, 7) is 3.99. The molecule has 0 aliphatic rings. The molecule has 0 saturated heterocycles. The molecule has 0 aliphatic carbocycles. The summed E-state index contributed by atoms with van der Waals surface area (Å²) >= 11 is 0. The molecule has 0 unspecified atom stereocenters. The lowest BCUT2D eigenvalue weighted by Gasteiger charge is -2.02. The first-order valence-corrected chi connectivity index (χ1v) is 5.30. The highest BCUT2D eigenvalue weighted by atomic mass is 16.5. The largest absolute Gasteiger partial charge is 0.466 e. The zero-order valence-electron chi connectivity index (χ0n) is 9.78. The summed E-state index contributed by atoms with van der Waals surface area (Å²) in [6.07, 6.45) is 2.72. The first-order chi connectivity index (χ1) is 7.56. The fraction of sp³-hybridized carbons (Fsp3) is 0.700. The van der Waals surface area contributed by atoms with Gasteiger partial charge in [0, 0.05) is 12.1 Å². The Morgan fingerprint density at radius 1 is 1.31 bits per heavy atom. The Balaban J connectivity index is 3.54. The smallest absolute Gasteiger partial charge is 0.332 e. The maximum absolute atomic E-state index is 11.0. The number of amides is 2. The molecule has 92 valence electrons. The zero-order chi connectivity index (χ0) is 12.4. The molecule has 0 radical (unpaired) electrons. The van der Waals surface area contributed by atoms with Crippen molar-refractivity contribution in [2.45, 2.75) is 39.5 Å². The number of primary amides is 1. The lowest BCUT2D eigenvalue weighted by Crippen LogP contribution is -2.25. The van der Waals surface area contributed by atoms with Gasteiger partial charge in [-0.25, -0.2) is 10.2 Å². The van der Waals surface area contributed by atoms with E-state index in [9.17, 15) is 9.59 Å². The first kappa shape index (κ1) is 14.4. The topological polar surface area (TPSA) is 93.8 Å². The Kier molecular flexibility index (Phi) is 7.83. The van der Waals surface area contributed by atoms with Gasteiger partial charge in [0.15, 0.2) is 0 Å². The highest BCUT2D eigenvalue weighted by Gasteiger charge is 2.01. The highest BCUT2D eigenvalue weighted by molar-refractivity contribution is 5.83. The van der Waals surface area contributed by atoms with Gasteiger partial charge in [-0.1, -0.05) is 0 Å². The van der Waals surface area contributed by atoms with Gasteiger partial charge < -0.3 is 10.5 Å². The molecule has 0 aliphatic heterocycles. The lowest BCUT2D eigenvalue weighted by molar-refractivity contribution is -0.143. The molecule has 0 rings (SSSR count). The molecule has 0 spiro atoms. The molecule has 2 amide bonds. The van der Waals surface area contributed by atoms with Crippen molar-refractivity contribution in [2.75, 3.05) is 6.61 Å². The van der Waals surface area contributed by atoms with E-state index in [0.29, 0.717) is 13.0 Å². The third-order valence-electron chi connectivity index (χ3n) is 1.83. The fourth-order valence-electron chi connectivity index (χ4n) is 1.09. The van der Waals surface area contributed by atoms with E-state index in [4.69, 9.17) is 10.5 Å². The molecule has 6 nitrogen and oxygen atoms in total. The van der Waals surface area contributed by atoms with Gasteiger partial charge in [-0.15, -0.1) is 0 Å². The number of hydrazone groups is 1. The van der Waals surface area contributed by atoms with E-state index in [1.807, 2.05) is 0 Å². The number of hydrogen-bond acceptors (Lipinski definition) is 4. The zero-order valence-corrected chi connectivity index (χ0v) is 9.78. The van der Waals surface area contributed by atoms with Gasteiger partial charge in [-0.3, -0.25) is 4.79 Å². The number of unbranched alkanes of at least 4 members (excludes halogenated alkanes) is 1. The Morgan fingerprint density at radius 2 is 1.94 bits per heavy atom. The molecule has 0 aromatic carbocycles. The average molecular weight is 229 g/mol. The van der Waals surface area contributed by atoms with Crippen molar-refractivity contribution >= 4 is 17.7 Å². The van der Waals surface area contributed by atoms with Crippen LogP contribution in [-0.2, 0) is 9.53 Å². The van der Waals surface area contributed by atoms with Crippen LogP contribution in [0.5, 0.6) is 0 Å². The standard InChI is InChI=1S/C10H19N3O3/c1-3-16-9(14)7-5-4-6-8(2)12-13-10(11)15/h3-7H2,1-2H3,(H3,11,13,15). The van der Waals surface area contributed by atoms with Crippen molar-refractivity contribution in [3.63, 3.8) is 0 Å². The summed E-state index contributed by atoms with van der Waals surface area (Å²) in [4.78, 5) is 21.3. The summed E-state index contributed by atoms with van der Waals surface area (Å²) in [5, 5.41) is 3.75. The number of esters is 1. The predicted octanol–water partition coefficient (Wildman–Crippen LogP) is 1.15. The van der Waals surface area contributed by atoms with E-state index < -0.39 is 6.03 Å². The number of carbonyl (C=O) groups excluding carboxylic acids is 2. The minimum atomic E-state index is -0.675. The quantitative estimate of drug-likeness (QED) is 0.297. The van der Waals surface area contributed by atoms with Crippen LogP contribution in [0.1, 0.15) is 39.5 Å². The van der Waals surface area contributed by atoms with E-state index in [1.54, 1.807) is 13.8 Å². The van der Waals surface area contributed by atoms with Crippen molar-refractivity contribution in [1.82, 2.24) is 5.43 Å². The number of hydrogen-bond donors (Lipinski definition) is 2. The molecular weight excluding hydrogens is 210 g/mol. The van der Waals surface area contributed by atoms with Gasteiger partial charge in [-0.2, -0.15) is 5.10 Å². The molecule has 0 aromatic rings. The van der Waals surface area contributed by atoms with Gasteiger partial charge in [-0.05, 0) is 33.1 Å². The molecule has 0 atom stereocenters. The Hall–Kier alpha value is -1.59. The average Bonchev–Trinajstić information content (AvgIpc) is 2.22. The second kappa shape index (κ2) is 8.70. The number of nitrogens with one attached hydrogen (secondary N) is 1. The van der Waals surface area contributed by atoms with Crippen molar-refractivity contribution in [3.05, 3.63) is 0 Å². The van der Waals surface area contributed by atoms with Crippen molar-refractivity contribution < 1.29 is 14.3 Å². The van der Waals surface area contributed by atoms with E-state index >= 15 is 0 Å². The van der Waals surface area contributed by atoms with Crippen LogP contribution in [0.2, 0.25) is 0 Å². The van der Waals surface area contributed by atoms with Gasteiger partial charge in [0.1, 0.15) is 0 Å². The van der Waals surface area contributed by atoms with E-state index in [1.165, 1.54) is 0 Å². The van der Waals surface area contributed by atoms with Crippen LogP contribution in [0.4, 0.5) is 4.79 Å². The van der Waals surface area contributed by atoms with Crippen LogP contribution in [0, 0.1) is 0 Å². The normalized spacial score (nSPS) is 11.0. The molecular formula is C10H19N3O3. The van der Waals surface area contributed by atoms with Crippen molar-refractivity contribution in [1.29, 1.82) is 0 Å². The second-order valence-electron chi connectivity index (χ2n) is 3.34. The molecule has 16 heavy (non-hydrogen) atoms. The third kappa shape index (κ3) is 8.98. The SMILES string of the molecule is CCOC(=O)CCCCC(C)=NNC(N)=O. The van der Waals surface area contributed by atoms with Crippen LogP contribution < -0.4 is 11.2 Å². The van der Waals surface area contributed by atoms with E-state index in [0.717, 1.165) is 25.0 Å². The summed E-state index contributed by atoms with van der Waals surface area (Å²) in [7, 11) is 0. The van der Waals surface area contributed by atoms with Gasteiger partial charge in [0.25, 0.3) is 0 Å². The van der Waals surface area contributed by atoms with E-state index in [2.05, 4.69) is 10.5 Å². The van der Waals surface area contributed by atoms with Gasteiger partial charge in [0.2, 0.25) is 0 Å². The maximum atomic E-state index is 11.0. The number of ether oxygens (including phenoxy) is 1. The molecule has 0 heterocycles. The second-order valence-corrected chi connectivity index (χ2v) is 3.34. The fourth-order valence-corrected chi connectivity index (χ4v) is 1.09. The van der Waals surface area contributed by atoms with Crippen molar-refractivity contribution in [3.8, 4) is 0 Å². The van der Waals surface area contributed by atoms with Gasteiger partial charge in [0.05, 0.1) is 6.61 Å². The van der Waals surface area contributed by atoms with E-state index in [-0.39, 0.29) is 5.97 Å².